The number of carboxylic acid groups (broad SMARTS) is 2. The number of benzene rings is 2. The maximum Gasteiger partial charge on any atom is 0.340 e. The highest BCUT2D eigenvalue weighted by Crippen LogP contribution is 2.31. The molecule has 0 aromatic heterocycles. The van der Waals surface area contributed by atoms with Crippen molar-refractivity contribution in [1.29, 1.82) is 0 Å². The van der Waals surface area contributed by atoms with Crippen LogP contribution in [0, 0.1) is 0 Å². The minimum atomic E-state index is -1.36. The van der Waals surface area contributed by atoms with Gasteiger partial charge in [-0.3, -0.25) is 4.79 Å². The van der Waals surface area contributed by atoms with Gasteiger partial charge in [-0.25, -0.2) is 9.59 Å². The molecule has 2 N–H and O–H groups in total. The van der Waals surface area contributed by atoms with Crippen LogP contribution in [0.4, 0.5) is 0 Å². The Morgan fingerprint density at radius 1 is 1.00 bits per heavy atom. The second-order valence-corrected chi connectivity index (χ2v) is 4.05. The molecule has 0 aliphatic heterocycles. The van der Waals surface area contributed by atoms with E-state index in [1.807, 2.05) is 0 Å². The molecule has 0 radical (unpaired) electrons. The van der Waals surface area contributed by atoms with Crippen LogP contribution in [0.25, 0.3) is 10.8 Å². The lowest BCUT2D eigenvalue weighted by Gasteiger charge is -2.11. The summed E-state index contributed by atoms with van der Waals surface area (Å²) in [6, 6.07) is 7.24. The number of esters is 1. The molecule has 2 rings (SSSR count). The van der Waals surface area contributed by atoms with E-state index in [-0.39, 0.29) is 22.3 Å². The fraction of sp³-hybridized carbons (Fsp3) is 0.0714. The van der Waals surface area contributed by atoms with Crippen molar-refractivity contribution in [1.82, 2.24) is 0 Å². The summed E-state index contributed by atoms with van der Waals surface area (Å²) in [5.41, 5.74) is -0.496. The van der Waals surface area contributed by atoms with E-state index < -0.39 is 17.9 Å². The molecule has 2 aromatic carbocycles. The van der Waals surface area contributed by atoms with Gasteiger partial charge >= 0.3 is 17.9 Å². The summed E-state index contributed by atoms with van der Waals surface area (Å²) < 4.78 is 4.84. The van der Waals surface area contributed by atoms with Crippen LogP contribution >= 0.6 is 0 Å². The molecule has 0 aliphatic carbocycles. The highest BCUT2D eigenvalue weighted by atomic mass is 16.5. The second kappa shape index (κ2) is 5.00. The van der Waals surface area contributed by atoms with Gasteiger partial charge in [0.1, 0.15) is 11.3 Å². The molecule has 0 unspecified atom stereocenters. The van der Waals surface area contributed by atoms with Gasteiger partial charge in [0.2, 0.25) is 0 Å². The normalized spacial score (nSPS) is 10.2. The molecule has 0 saturated carbocycles. The Hall–Kier alpha value is -2.89. The van der Waals surface area contributed by atoms with Crippen molar-refractivity contribution < 1.29 is 29.3 Å². The number of carbonyl (C=O) groups excluding carboxylic acids is 1. The number of fused-ring (bicyclic) bond motifs is 1. The third-order valence-corrected chi connectivity index (χ3v) is 2.71. The summed E-state index contributed by atoms with van der Waals surface area (Å²) in [6.07, 6.45) is 0. The molecule has 0 bridgehead atoms. The Labute approximate surface area is 113 Å². The average molecular weight is 274 g/mol. The molecule has 6 nitrogen and oxygen atoms in total. The minimum absolute atomic E-state index is 0.0336. The summed E-state index contributed by atoms with van der Waals surface area (Å²) in [4.78, 5) is 33.6. The number of carbonyl (C=O) groups is 3. The van der Waals surface area contributed by atoms with Crippen LogP contribution in [0.1, 0.15) is 27.6 Å². The molecule has 0 fully saturated rings. The third-order valence-electron chi connectivity index (χ3n) is 2.71. The van der Waals surface area contributed by atoms with E-state index in [4.69, 9.17) is 9.84 Å². The topological polar surface area (TPSA) is 101 Å². The van der Waals surface area contributed by atoms with Gasteiger partial charge in [-0.05, 0) is 17.5 Å². The van der Waals surface area contributed by atoms with Gasteiger partial charge in [0.15, 0.2) is 0 Å². The van der Waals surface area contributed by atoms with Gasteiger partial charge in [0.25, 0.3) is 0 Å². The molecular formula is C14H10O6. The lowest BCUT2D eigenvalue weighted by Crippen LogP contribution is -2.10. The van der Waals surface area contributed by atoms with Crippen LogP contribution in [0.3, 0.4) is 0 Å². The van der Waals surface area contributed by atoms with Crippen molar-refractivity contribution in [3.8, 4) is 5.75 Å². The SMILES string of the molecule is CC(=O)Oc1ccc2cccc(C(=O)O)c2c1C(=O)O. The Kier molecular flexibility index (Phi) is 3.39. The smallest absolute Gasteiger partial charge is 0.340 e. The standard InChI is InChI=1S/C14H10O6/c1-7(15)20-10-6-5-8-3-2-4-9(13(16)17)11(8)12(10)14(18)19/h2-6H,1H3,(H,16,17)(H,18,19). The first-order chi connectivity index (χ1) is 9.41. The first kappa shape index (κ1) is 13.5. The molecule has 0 spiro atoms. The molecule has 102 valence electrons. The van der Waals surface area contributed by atoms with Gasteiger partial charge in [-0.2, -0.15) is 0 Å². The van der Waals surface area contributed by atoms with E-state index in [1.165, 1.54) is 24.3 Å². The average Bonchev–Trinajstić information content (AvgIpc) is 2.36. The van der Waals surface area contributed by atoms with Gasteiger partial charge in [-0.1, -0.05) is 18.2 Å². The van der Waals surface area contributed by atoms with E-state index in [2.05, 4.69) is 0 Å². The number of rotatable bonds is 3. The summed E-state index contributed by atoms with van der Waals surface area (Å²) in [5, 5.41) is 18.9. The fourth-order valence-electron chi connectivity index (χ4n) is 1.99. The summed E-state index contributed by atoms with van der Waals surface area (Å²) in [7, 11) is 0. The van der Waals surface area contributed by atoms with Crippen molar-refractivity contribution >= 4 is 28.7 Å². The highest BCUT2D eigenvalue weighted by molar-refractivity contribution is 6.14. The lowest BCUT2D eigenvalue weighted by atomic mass is 9.98. The number of ether oxygens (including phenoxy) is 1. The van der Waals surface area contributed by atoms with E-state index in [9.17, 15) is 19.5 Å². The zero-order valence-corrected chi connectivity index (χ0v) is 10.4. The third kappa shape index (κ3) is 2.31. The quantitative estimate of drug-likeness (QED) is 0.657. The van der Waals surface area contributed by atoms with E-state index in [0.29, 0.717) is 5.39 Å². The maximum atomic E-state index is 11.4. The molecular weight excluding hydrogens is 264 g/mol. The predicted octanol–water partition coefficient (Wildman–Crippen LogP) is 2.16. The molecule has 20 heavy (non-hydrogen) atoms. The number of hydrogen-bond donors (Lipinski definition) is 2. The van der Waals surface area contributed by atoms with Crippen LogP contribution in [0.5, 0.6) is 5.75 Å². The van der Waals surface area contributed by atoms with E-state index in [0.717, 1.165) is 6.92 Å². The summed E-state index contributed by atoms with van der Waals surface area (Å²) >= 11 is 0. The molecule has 0 atom stereocenters. The van der Waals surface area contributed by atoms with Crippen LogP contribution in [0.2, 0.25) is 0 Å². The van der Waals surface area contributed by atoms with Crippen LogP contribution in [0.15, 0.2) is 30.3 Å². The van der Waals surface area contributed by atoms with Crippen molar-refractivity contribution in [3.05, 3.63) is 41.5 Å². The van der Waals surface area contributed by atoms with Crippen LogP contribution in [-0.4, -0.2) is 28.1 Å². The summed E-state index contributed by atoms with van der Waals surface area (Å²) in [5.74, 6) is -3.47. The highest BCUT2D eigenvalue weighted by Gasteiger charge is 2.21. The molecule has 2 aromatic rings. The Bertz CT molecular complexity index is 732. The molecule has 6 heteroatoms. The van der Waals surface area contributed by atoms with Crippen LogP contribution < -0.4 is 4.74 Å². The van der Waals surface area contributed by atoms with Gasteiger partial charge in [0, 0.05) is 12.3 Å². The molecule has 0 aliphatic rings. The minimum Gasteiger partial charge on any atom is -0.478 e. The Balaban J connectivity index is 2.89. The Morgan fingerprint density at radius 3 is 2.25 bits per heavy atom. The zero-order chi connectivity index (χ0) is 14.9. The predicted molar refractivity (Wildman–Crippen MR) is 69.2 cm³/mol. The maximum absolute atomic E-state index is 11.4. The monoisotopic (exact) mass is 274 g/mol. The molecule has 0 amide bonds. The number of hydrogen-bond acceptors (Lipinski definition) is 4. The van der Waals surface area contributed by atoms with E-state index >= 15 is 0 Å². The first-order valence-electron chi connectivity index (χ1n) is 5.62. The first-order valence-corrected chi connectivity index (χ1v) is 5.62. The number of aromatic carboxylic acids is 2. The van der Waals surface area contributed by atoms with E-state index in [1.54, 1.807) is 6.07 Å². The van der Waals surface area contributed by atoms with Crippen molar-refractivity contribution in [3.63, 3.8) is 0 Å². The summed E-state index contributed by atoms with van der Waals surface area (Å²) in [6.45, 7) is 1.14. The van der Waals surface area contributed by atoms with Crippen molar-refractivity contribution in [2.24, 2.45) is 0 Å². The lowest BCUT2D eigenvalue weighted by molar-refractivity contribution is -0.131. The van der Waals surface area contributed by atoms with Gasteiger partial charge in [-0.15, -0.1) is 0 Å². The van der Waals surface area contributed by atoms with Gasteiger partial charge in [0.05, 0.1) is 5.56 Å². The molecule has 0 heterocycles. The van der Waals surface area contributed by atoms with Crippen molar-refractivity contribution in [2.45, 2.75) is 6.92 Å². The Morgan fingerprint density at radius 2 is 1.70 bits per heavy atom. The van der Waals surface area contributed by atoms with Crippen LogP contribution in [-0.2, 0) is 4.79 Å². The van der Waals surface area contributed by atoms with Crippen molar-refractivity contribution in [2.75, 3.05) is 0 Å². The van der Waals surface area contributed by atoms with Gasteiger partial charge < -0.3 is 14.9 Å². The fourth-order valence-corrected chi connectivity index (χ4v) is 1.99. The molecule has 0 saturated heterocycles. The number of carboxylic acids is 2. The largest absolute Gasteiger partial charge is 0.478 e. The second-order valence-electron chi connectivity index (χ2n) is 4.05. The zero-order valence-electron chi connectivity index (χ0n) is 10.4.